The molecule has 9 heteroatoms. The molecule has 4 aromatic rings. The summed E-state index contributed by atoms with van der Waals surface area (Å²) in [7, 11) is 3.91. The second-order valence-electron chi connectivity index (χ2n) is 7.45. The highest BCUT2D eigenvalue weighted by Crippen LogP contribution is 2.28. The highest BCUT2D eigenvalue weighted by atomic mass is 35.5. The van der Waals surface area contributed by atoms with E-state index in [0.29, 0.717) is 38.0 Å². The molecule has 3 aromatic carbocycles. The first-order chi connectivity index (χ1) is 15.8. The summed E-state index contributed by atoms with van der Waals surface area (Å²) in [5, 5.41) is 14.4. The molecule has 0 saturated carbocycles. The normalized spacial score (nSPS) is 12.0. The lowest BCUT2D eigenvalue weighted by atomic mass is 10.2. The van der Waals surface area contributed by atoms with E-state index in [1.165, 1.54) is 4.68 Å². The van der Waals surface area contributed by atoms with Gasteiger partial charge in [-0.25, -0.2) is 4.98 Å². The molecule has 0 amide bonds. The quantitative estimate of drug-likeness (QED) is 0.203. The number of fused-ring (bicyclic) bond motifs is 1. The van der Waals surface area contributed by atoms with Crippen molar-refractivity contribution >= 4 is 51.3 Å². The molecule has 1 heterocycles. The van der Waals surface area contributed by atoms with Crippen molar-refractivity contribution in [3.8, 4) is 0 Å². The number of aromatic nitrogens is 2. The monoisotopic (exact) mass is 478 g/mol. The predicted octanol–water partition coefficient (Wildman–Crippen LogP) is 6.07. The molecule has 33 heavy (non-hydrogen) atoms. The largest absolute Gasteiger partial charge is 0.378 e. The number of azo groups is 1. The summed E-state index contributed by atoms with van der Waals surface area (Å²) in [5.74, 6) is 0.649. The van der Waals surface area contributed by atoms with Gasteiger partial charge in [0.05, 0.1) is 15.9 Å². The number of halogens is 2. The number of aryl methyl sites for hydroxylation is 1. The number of hydrogen-bond acceptors (Lipinski definition) is 5. The van der Waals surface area contributed by atoms with Gasteiger partial charge in [-0.2, -0.15) is 4.68 Å². The number of hydrogen-bond donors (Lipinski definition) is 0. The molecule has 0 bridgehead atoms. The van der Waals surface area contributed by atoms with Crippen LogP contribution in [0.3, 0.4) is 0 Å². The number of nitrogens with zero attached hydrogens (tertiary/aromatic N) is 6. The fourth-order valence-electron chi connectivity index (χ4n) is 3.16. The minimum atomic E-state index is -0.295. The molecular weight excluding hydrogens is 459 g/mol. The van der Waals surface area contributed by atoms with Crippen LogP contribution >= 0.6 is 23.2 Å². The van der Waals surface area contributed by atoms with Gasteiger partial charge in [-0.1, -0.05) is 35.3 Å². The molecule has 0 saturated heterocycles. The third-order valence-corrected chi connectivity index (χ3v) is 5.47. The Kier molecular flexibility index (Phi) is 6.53. The topological polar surface area (TPSA) is 75.2 Å². The van der Waals surface area contributed by atoms with E-state index in [2.05, 4.69) is 20.3 Å². The Labute approximate surface area is 200 Å². The molecule has 7 nitrogen and oxygen atoms in total. The maximum Gasteiger partial charge on any atom is 0.282 e. The molecule has 0 N–H and O–H groups in total. The minimum Gasteiger partial charge on any atom is -0.378 e. The number of benzene rings is 3. The van der Waals surface area contributed by atoms with Crippen molar-refractivity contribution in [2.45, 2.75) is 6.92 Å². The molecule has 0 fully saturated rings. The van der Waals surface area contributed by atoms with Crippen LogP contribution < -0.4 is 10.5 Å². The molecule has 4 rings (SSSR count). The third kappa shape index (κ3) is 4.94. The van der Waals surface area contributed by atoms with Gasteiger partial charge in [0, 0.05) is 30.4 Å². The van der Waals surface area contributed by atoms with Crippen LogP contribution in [-0.2, 0) is 0 Å². The second kappa shape index (κ2) is 9.52. The SMILES string of the molecule is Cc1nc2ccccc2c(=O)n1/N=C(/N=Nc1cc(Cl)ccc1Cl)c1ccc(N(C)C)cc1. The van der Waals surface area contributed by atoms with Crippen molar-refractivity contribution in [3.05, 3.63) is 98.5 Å². The second-order valence-corrected chi connectivity index (χ2v) is 8.30. The summed E-state index contributed by atoms with van der Waals surface area (Å²) in [6, 6.07) is 19.6. The molecule has 0 aliphatic heterocycles. The fourth-order valence-corrected chi connectivity index (χ4v) is 3.48. The van der Waals surface area contributed by atoms with E-state index in [9.17, 15) is 4.79 Å². The van der Waals surface area contributed by atoms with Gasteiger partial charge in [-0.05, 0) is 61.5 Å². The molecule has 1 aromatic heterocycles. The maximum absolute atomic E-state index is 13.1. The van der Waals surface area contributed by atoms with Crippen LogP contribution in [0.2, 0.25) is 10.0 Å². The zero-order valence-electron chi connectivity index (χ0n) is 18.2. The van der Waals surface area contributed by atoms with Crippen molar-refractivity contribution in [1.29, 1.82) is 0 Å². The van der Waals surface area contributed by atoms with Crippen molar-refractivity contribution in [3.63, 3.8) is 0 Å². The first-order valence-corrected chi connectivity index (χ1v) is 10.8. The van der Waals surface area contributed by atoms with Gasteiger partial charge >= 0.3 is 0 Å². The minimum absolute atomic E-state index is 0.221. The molecule has 166 valence electrons. The Balaban J connectivity index is 1.88. The number of rotatable bonds is 4. The first-order valence-electron chi connectivity index (χ1n) is 10.1. The van der Waals surface area contributed by atoms with E-state index in [1.807, 2.05) is 49.3 Å². The highest BCUT2D eigenvalue weighted by Gasteiger charge is 2.11. The van der Waals surface area contributed by atoms with E-state index in [-0.39, 0.29) is 11.4 Å². The summed E-state index contributed by atoms with van der Waals surface area (Å²) < 4.78 is 1.23. The van der Waals surface area contributed by atoms with Crippen molar-refractivity contribution in [2.75, 3.05) is 19.0 Å². The van der Waals surface area contributed by atoms with Crippen molar-refractivity contribution < 1.29 is 0 Å². The van der Waals surface area contributed by atoms with Crippen LogP contribution in [0.5, 0.6) is 0 Å². The summed E-state index contributed by atoms with van der Waals surface area (Å²) >= 11 is 12.3. The smallest absolute Gasteiger partial charge is 0.282 e. The molecule has 0 aliphatic rings. The number of amidine groups is 1. The van der Waals surface area contributed by atoms with E-state index >= 15 is 0 Å². The molecular formula is C24H20Cl2N6O. The number of para-hydroxylation sites is 1. The van der Waals surface area contributed by atoms with E-state index in [1.54, 1.807) is 43.3 Å². The van der Waals surface area contributed by atoms with Crippen LogP contribution in [0.15, 0.2) is 86.9 Å². The van der Waals surface area contributed by atoms with Crippen LogP contribution in [0.1, 0.15) is 11.4 Å². The van der Waals surface area contributed by atoms with Gasteiger partial charge in [0.2, 0.25) is 5.84 Å². The standard InChI is InChI=1S/C24H20Cl2N6O/c1-15-27-21-7-5-4-6-19(21)24(33)32(15)30-23(16-8-11-18(12-9-16)31(2)3)29-28-22-14-17(25)10-13-20(22)26/h4-14H,1-3H3/b29-28?,30-23+. The van der Waals surface area contributed by atoms with E-state index < -0.39 is 0 Å². The van der Waals surface area contributed by atoms with Gasteiger partial charge in [-0.15, -0.1) is 15.3 Å². The Bertz CT molecular complexity index is 1440. The van der Waals surface area contributed by atoms with Gasteiger partial charge in [0.15, 0.2) is 0 Å². The molecule has 0 atom stereocenters. The van der Waals surface area contributed by atoms with Crippen LogP contribution in [-0.4, -0.2) is 29.6 Å². The lowest BCUT2D eigenvalue weighted by molar-refractivity contribution is 0.764. The number of anilines is 1. The summed E-state index contributed by atoms with van der Waals surface area (Å²) in [6.07, 6.45) is 0. The van der Waals surface area contributed by atoms with Crippen molar-refractivity contribution in [1.82, 2.24) is 9.66 Å². The average molecular weight is 479 g/mol. The zero-order chi connectivity index (χ0) is 23.5. The summed E-state index contributed by atoms with van der Waals surface area (Å²) in [5.41, 5.74) is 2.38. The Morgan fingerprint density at radius 1 is 1.00 bits per heavy atom. The van der Waals surface area contributed by atoms with Crippen LogP contribution in [0, 0.1) is 6.92 Å². The average Bonchev–Trinajstić information content (AvgIpc) is 2.80. The molecule has 0 aliphatic carbocycles. The van der Waals surface area contributed by atoms with E-state index in [4.69, 9.17) is 23.2 Å². The molecule has 0 spiro atoms. The molecule has 0 unspecified atom stereocenters. The first kappa shape index (κ1) is 22.6. The zero-order valence-corrected chi connectivity index (χ0v) is 19.7. The Morgan fingerprint density at radius 2 is 1.73 bits per heavy atom. The Hall–Kier alpha value is -3.55. The van der Waals surface area contributed by atoms with Crippen LogP contribution in [0.4, 0.5) is 11.4 Å². The van der Waals surface area contributed by atoms with Crippen LogP contribution in [0.25, 0.3) is 10.9 Å². The van der Waals surface area contributed by atoms with Gasteiger partial charge < -0.3 is 4.90 Å². The maximum atomic E-state index is 13.1. The lowest BCUT2D eigenvalue weighted by Crippen LogP contribution is -2.22. The third-order valence-electron chi connectivity index (χ3n) is 4.91. The van der Waals surface area contributed by atoms with E-state index in [0.717, 1.165) is 5.69 Å². The lowest BCUT2D eigenvalue weighted by Gasteiger charge is -2.12. The fraction of sp³-hybridized carbons (Fsp3) is 0.125. The summed E-state index contributed by atoms with van der Waals surface area (Å²) in [6.45, 7) is 1.72. The van der Waals surface area contributed by atoms with Gasteiger partial charge in [-0.3, -0.25) is 4.79 Å². The van der Waals surface area contributed by atoms with Gasteiger partial charge in [0.25, 0.3) is 5.56 Å². The van der Waals surface area contributed by atoms with Gasteiger partial charge in [0.1, 0.15) is 11.5 Å². The van der Waals surface area contributed by atoms with Crippen molar-refractivity contribution in [2.24, 2.45) is 15.3 Å². The molecule has 0 radical (unpaired) electrons. The summed E-state index contributed by atoms with van der Waals surface area (Å²) in [4.78, 5) is 19.6. The Morgan fingerprint density at radius 3 is 2.45 bits per heavy atom. The predicted molar refractivity (Wildman–Crippen MR) is 134 cm³/mol. The highest BCUT2D eigenvalue weighted by molar-refractivity contribution is 6.35.